The van der Waals surface area contributed by atoms with E-state index in [1.807, 2.05) is 54.6 Å². The number of carbonyl (C=O) groups is 1. The summed E-state index contributed by atoms with van der Waals surface area (Å²) in [7, 11) is 1.60. The molecule has 0 saturated carbocycles. The zero-order valence-corrected chi connectivity index (χ0v) is 15.8. The topological polar surface area (TPSA) is 90.5 Å². The van der Waals surface area contributed by atoms with E-state index in [9.17, 15) is 9.59 Å². The molecule has 8 nitrogen and oxygen atoms in total. The van der Waals surface area contributed by atoms with Crippen LogP contribution < -0.4 is 15.7 Å². The van der Waals surface area contributed by atoms with Gasteiger partial charge in [0.2, 0.25) is 5.91 Å². The third-order valence-corrected chi connectivity index (χ3v) is 4.45. The second-order valence-electron chi connectivity index (χ2n) is 6.42. The molecule has 0 saturated heterocycles. The minimum atomic E-state index is -0.461. The maximum absolute atomic E-state index is 12.6. The maximum atomic E-state index is 12.6. The molecule has 146 valence electrons. The van der Waals surface area contributed by atoms with Crippen molar-refractivity contribution in [1.29, 1.82) is 0 Å². The molecule has 0 atom stereocenters. The highest BCUT2D eigenvalue weighted by Crippen LogP contribution is 2.15. The molecule has 1 amide bonds. The van der Waals surface area contributed by atoms with Crippen molar-refractivity contribution in [2.45, 2.75) is 13.1 Å². The quantitative estimate of drug-likeness (QED) is 0.544. The number of nitrogens with zero attached hydrogens (tertiary/aromatic N) is 4. The standard InChI is InChI=1S/C21H19N5O3/c1-29-17-9-7-15(8-10-17)13-22-20(27)14-25-21(28)26-19(24-25)12-11-18(23-26)16-5-3-2-4-6-16/h2-12H,13-14H2,1H3,(H,22,27). The fourth-order valence-corrected chi connectivity index (χ4v) is 2.91. The lowest BCUT2D eigenvalue weighted by atomic mass is 10.1. The summed E-state index contributed by atoms with van der Waals surface area (Å²) in [6, 6.07) is 20.4. The Hall–Kier alpha value is -3.94. The average Bonchev–Trinajstić information content (AvgIpc) is 3.08. The summed E-state index contributed by atoms with van der Waals surface area (Å²) in [5, 5.41) is 11.3. The molecule has 2 aromatic heterocycles. The zero-order chi connectivity index (χ0) is 20.2. The molecule has 0 aliphatic carbocycles. The molecule has 0 unspecified atom stereocenters. The van der Waals surface area contributed by atoms with Crippen LogP contribution in [0.2, 0.25) is 0 Å². The van der Waals surface area contributed by atoms with Crippen LogP contribution in [0.15, 0.2) is 71.5 Å². The van der Waals surface area contributed by atoms with Gasteiger partial charge in [-0.25, -0.2) is 9.48 Å². The number of hydrogen-bond acceptors (Lipinski definition) is 5. The number of hydrogen-bond donors (Lipinski definition) is 1. The van der Waals surface area contributed by atoms with Crippen LogP contribution in [0.4, 0.5) is 0 Å². The Morgan fingerprint density at radius 3 is 2.48 bits per heavy atom. The van der Waals surface area contributed by atoms with Crippen LogP contribution >= 0.6 is 0 Å². The summed E-state index contributed by atoms with van der Waals surface area (Å²) < 4.78 is 7.43. The number of benzene rings is 2. The van der Waals surface area contributed by atoms with Crippen molar-refractivity contribution in [3.8, 4) is 17.0 Å². The molecule has 1 N–H and O–H groups in total. The summed E-state index contributed by atoms with van der Waals surface area (Å²) in [4.78, 5) is 24.9. The van der Waals surface area contributed by atoms with Crippen LogP contribution in [0.1, 0.15) is 5.56 Å². The monoisotopic (exact) mass is 389 g/mol. The molecule has 2 heterocycles. The van der Waals surface area contributed by atoms with Crippen molar-refractivity contribution >= 4 is 11.6 Å². The van der Waals surface area contributed by atoms with Crippen molar-refractivity contribution in [1.82, 2.24) is 24.7 Å². The SMILES string of the molecule is COc1ccc(CNC(=O)Cn2nc3ccc(-c4ccccc4)nn3c2=O)cc1. The van der Waals surface area contributed by atoms with Crippen LogP contribution in [0.3, 0.4) is 0 Å². The molecule has 0 bridgehead atoms. The smallest absolute Gasteiger partial charge is 0.367 e. The zero-order valence-electron chi connectivity index (χ0n) is 15.8. The molecular weight excluding hydrogens is 370 g/mol. The van der Waals surface area contributed by atoms with Crippen molar-refractivity contribution in [3.63, 3.8) is 0 Å². The molecule has 2 aromatic carbocycles. The third-order valence-electron chi connectivity index (χ3n) is 4.45. The van der Waals surface area contributed by atoms with E-state index in [4.69, 9.17) is 4.74 Å². The number of carbonyl (C=O) groups excluding carboxylic acids is 1. The van der Waals surface area contributed by atoms with E-state index in [2.05, 4.69) is 15.5 Å². The normalized spacial score (nSPS) is 10.8. The molecular formula is C21H19N5O3. The Balaban J connectivity index is 1.48. The van der Waals surface area contributed by atoms with E-state index in [0.717, 1.165) is 21.6 Å². The van der Waals surface area contributed by atoms with Crippen LogP contribution in [0.5, 0.6) is 5.75 Å². The van der Waals surface area contributed by atoms with E-state index in [-0.39, 0.29) is 12.5 Å². The Morgan fingerprint density at radius 2 is 1.76 bits per heavy atom. The van der Waals surface area contributed by atoms with Crippen molar-refractivity contribution in [2.24, 2.45) is 0 Å². The summed E-state index contributed by atoms with van der Waals surface area (Å²) in [5.41, 5.74) is 2.40. The lowest BCUT2D eigenvalue weighted by Gasteiger charge is -2.06. The lowest BCUT2D eigenvalue weighted by molar-refractivity contribution is -0.122. The highest BCUT2D eigenvalue weighted by atomic mass is 16.5. The van der Waals surface area contributed by atoms with Crippen LogP contribution in [0.25, 0.3) is 16.9 Å². The van der Waals surface area contributed by atoms with Gasteiger partial charge in [-0.1, -0.05) is 42.5 Å². The minimum Gasteiger partial charge on any atom is -0.497 e. The minimum absolute atomic E-state index is 0.182. The van der Waals surface area contributed by atoms with Crippen LogP contribution in [0, 0.1) is 0 Å². The fraction of sp³-hybridized carbons (Fsp3) is 0.143. The van der Waals surface area contributed by atoms with Gasteiger partial charge in [-0.15, -0.1) is 5.10 Å². The van der Waals surface area contributed by atoms with Crippen LogP contribution in [-0.2, 0) is 17.9 Å². The Kier molecular flexibility index (Phi) is 5.07. The predicted molar refractivity (Wildman–Crippen MR) is 108 cm³/mol. The summed E-state index contributed by atoms with van der Waals surface area (Å²) in [5.74, 6) is 0.438. The van der Waals surface area contributed by atoms with Gasteiger partial charge in [0.05, 0.1) is 12.8 Å². The number of aromatic nitrogens is 4. The fourth-order valence-electron chi connectivity index (χ4n) is 2.91. The van der Waals surface area contributed by atoms with E-state index in [0.29, 0.717) is 17.9 Å². The van der Waals surface area contributed by atoms with Crippen molar-refractivity contribution < 1.29 is 9.53 Å². The Labute approximate surface area is 166 Å². The van der Waals surface area contributed by atoms with Crippen molar-refractivity contribution in [2.75, 3.05) is 7.11 Å². The highest BCUT2D eigenvalue weighted by Gasteiger charge is 2.12. The number of amides is 1. The lowest BCUT2D eigenvalue weighted by Crippen LogP contribution is -2.32. The van der Waals surface area contributed by atoms with Gasteiger partial charge >= 0.3 is 5.69 Å². The molecule has 0 spiro atoms. The molecule has 4 rings (SSSR count). The van der Waals surface area contributed by atoms with E-state index in [1.54, 1.807) is 19.2 Å². The molecule has 8 heteroatoms. The average molecular weight is 389 g/mol. The second kappa shape index (κ2) is 7.97. The van der Waals surface area contributed by atoms with Crippen LogP contribution in [-0.4, -0.2) is 32.4 Å². The van der Waals surface area contributed by atoms with Gasteiger partial charge in [-0.2, -0.15) is 9.61 Å². The van der Waals surface area contributed by atoms with Crippen molar-refractivity contribution in [3.05, 3.63) is 82.8 Å². The third kappa shape index (κ3) is 4.01. The number of nitrogens with one attached hydrogen (secondary N) is 1. The largest absolute Gasteiger partial charge is 0.497 e. The molecule has 4 aromatic rings. The summed E-state index contributed by atoms with van der Waals surface area (Å²) in [6.07, 6.45) is 0. The molecule has 0 radical (unpaired) electrons. The number of fused-ring (bicyclic) bond motifs is 1. The predicted octanol–water partition coefficient (Wildman–Crippen LogP) is 1.88. The highest BCUT2D eigenvalue weighted by molar-refractivity contribution is 5.75. The molecule has 0 fully saturated rings. The van der Waals surface area contributed by atoms with Gasteiger partial charge in [0.25, 0.3) is 0 Å². The van der Waals surface area contributed by atoms with Gasteiger partial charge in [0.15, 0.2) is 5.65 Å². The van der Waals surface area contributed by atoms with Gasteiger partial charge < -0.3 is 10.1 Å². The molecule has 0 aliphatic heterocycles. The van der Waals surface area contributed by atoms with E-state index in [1.165, 1.54) is 4.52 Å². The number of methoxy groups -OCH3 is 1. The molecule has 29 heavy (non-hydrogen) atoms. The van der Waals surface area contributed by atoms with Gasteiger partial charge in [-0.3, -0.25) is 4.79 Å². The summed E-state index contributed by atoms with van der Waals surface area (Å²) >= 11 is 0. The second-order valence-corrected chi connectivity index (χ2v) is 6.42. The van der Waals surface area contributed by atoms with Gasteiger partial charge in [-0.05, 0) is 29.8 Å². The first-order chi connectivity index (χ1) is 14.1. The first-order valence-corrected chi connectivity index (χ1v) is 9.06. The summed E-state index contributed by atoms with van der Waals surface area (Å²) in [6.45, 7) is 0.167. The molecule has 0 aliphatic rings. The number of rotatable bonds is 6. The first kappa shape index (κ1) is 18.4. The Bertz CT molecular complexity index is 1200. The Morgan fingerprint density at radius 1 is 1.00 bits per heavy atom. The van der Waals surface area contributed by atoms with Gasteiger partial charge in [0.1, 0.15) is 12.3 Å². The van der Waals surface area contributed by atoms with Gasteiger partial charge in [0, 0.05) is 12.1 Å². The first-order valence-electron chi connectivity index (χ1n) is 9.06. The maximum Gasteiger partial charge on any atom is 0.367 e. The number of ether oxygens (including phenoxy) is 1. The van der Waals surface area contributed by atoms with E-state index < -0.39 is 5.69 Å². The van der Waals surface area contributed by atoms with E-state index >= 15 is 0 Å².